The lowest BCUT2D eigenvalue weighted by Gasteiger charge is -2.01. The summed E-state index contributed by atoms with van der Waals surface area (Å²) in [6, 6.07) is 9.74. The fraction of sp³-hybridized carbons (Fsp3) is 0.188. The minimum atomic E-state index is -1.00. The highest BCUT2D eigenvalue weighted by Crippen LogP contribution is 2.10. The molecule has 0 aliphatic heterocycles. The molecule has 6 nitrogen and oxygen atoms in total. The van der Waals surface area contributed by atoms with E-state index in [-0.39, 0.29) is 18.1 Å². The SMILES string of the molecule is CCOC(=O)C(=O)C=C(O)c1cn(Cc2ccccc2)cn1. The van der Waals surface area contributed by atoms with E-state index in [1.807, 2.05) is 30.3 Å². The van der Waals surface area contributed by atoms with Crippen molar-refractivity contribution in [2.75, 3.05) is 6.61 Å². The van der Waals surface area contributed by atoms with Crippen molar-refractivity contribution in [1.29, 1.82) is 0 Å². The van der Waals surface area contributed by atoms with Crippen LogP contribution in [0, 0.1) is 0 Å². The maximum absolute atomic E-state index is 11.5. The molecule has 22 heavy (non-hydrogen) atoms. The summed E-state index contributed by atoms with van der Waals surface area (Å²) < 4.78 is 6.32. The van der Waals surface area contributed by atoms with Crippen LogP contribution in [0.3, 0.4) is 0 Å². The summed E-state index contributed by atoms with van der Waals surface area (Å²) >= 11 is 0. The molecule has 2 rings (SSSR count). The van der Waals surface area contributed by atoms with E-state index >= 15 is 0 Å². The van der Waals surface area contributed by atoms with Crippen LogP contribution in [0.5, 0.6) is 0 Å². The van der Waals surface area contributed by atoms with Gasteiger partial charge in [0.15, 0.2) is 0 Å². The molecule has 0 atom stereocenters. The van der Waals surface area contributed by atoms with E-state index in [0.29, 0.717) is 6.54 Å². The van der Waals surface area contributed by atoms with Gasteiger partial charge in [-0.2, -0.15) is 0 Å². The van der Waals surface area contributed by atoms with Gasteiger partial charge in [-0.1, -0.05) is 30.3 Å². The molecule has 1 aromatic carbocycles. The third-order valence-electron chi connectivity index (χ3n) is 2.85. The zero-order valence-electron chi connectivity index (χ0n) is 12.1. The van der Waals surface area contributed by atoms with Crippen LogP contribution in [0.1, 0.15) is 18.2 Å². The van der Waals surface area contributed by atoms with Crippen molar-refractivity contribution in [1.82, 2.24) is 9.55 Å². The number of hydrogen-bond donors (Lipinski definition) is 1. The Morgan fingerprint density at radius 1 is 1.32 bits per heavy atom. The van der Waals surface area contributed by atoms with Crippen LogP contribution in [0.25, 0.3) is 5.76 Å². The molecule has 0 unspecified atom stereocenters. The first kappa shape index (κ1) is 15.5. The molecule has 0 bridgehead atoms. The Morgan fingerprint density at radius 2 is 2.05 bits per heavy atom. The van der Waals surface area contributed by atoms with Gasteiger partial charge in [0.1, 0.15) is 11.5 Å². The molecule has 0 amide bonds. The van der Waals surface area contributed by atoms with Crippen LogP contribution in [-0.4, -0.2) is 33.0 Å². The van der Waals surface area contributed by atoms with Crippen molar-refractivity contribution in [3.63, 3.8) is 0 Å². The molecule has 0 saturated carbocycles. The number of ether oxygens (including phenoxy) is 1. The van der Waals surface area contributed by atoms with E-state index in [1.165, 1.54) is 0 Å². The standard InChI is InChI=1S/C16H16N2O4/c1-2-22-16(21)15(20)8-14(19)13-10-18(11-17-13)9-12-6-4-3-5-7-12/h3-8,10-11,19H,2,9H2,1H3. The number of aromatic nitrogens is 2. The number of benzene rings is 1. The molecule has 0 aliphatic rings. The molecule has 0 saturated heterocycles. The van der Waals surface area contributed by atoms with Crippen LogP contribution in [0.15, 0.2) is 48.9 Å². The lowest BCUT2D eigenvalue weighted by atomic mass is 10.2. The number of carbonyl (C=O) groups excluding carboxylic acids is 2. The molecular weight excluding hydrogens is 284 g/mol. The van der Waals surface area contributed by atoms with Crippen LogP contribution < -0.4 is 0 Å². The first-order chi connectivity index (χ1) is 10.6. The summed E-state index contributed by atoms with van der Waals surface area (Å²) in [6.07, 6.45) is 3.95. The van der Waals surface area contributed by atoms with Gasteiger partial charge in [-0.15, -0.1) is 0 Å². The van der Waals surface area contributed by atoms with Crippen LogP contribution in [-0.2, 0) is 20.9 Å². The maximum atomic E-state index is 11.5. The monoisotopic (exact) mass is 300 g/mol. The smallest absolute Gasteiger partial charge is 0.379 e. The summed E-state index contributed by atoms with van der Waals surface area (Å²) in [6.45, 7) is 2.29. The predicted molar refractivity (Wildman–Crippen MR) is 80.0 cm³/mol. The summed E-state index contributed by atoms with van der Waals surface area (Å²) in [5.74, 6) is -2.29. The minimum absolute atomic E-state index is 0.102. The van der Waals surface area contributed by atoms with Crippen molar-refractivity contribution in [3.05, 3.63) is 60.2 Å². The number of aliphatic hydroxyl groups excluding tert-OH is 1. The quantitative estimate of drug-likeness (QED) is 0.382. The van der Waals surface area contributed by atoms with Crippen molar-refractivity contribution in [2.45, 2.75) is 13.5 Å². The second kappa shape index (κ2) is 7.21. The Labute approximate surface area is 127 Å². The van der Waals surface area contributed by atoms with Crippen molar-refractivity contribution < 1.29 is 19.4 Å². The number of esters is 1. The van der Waals surface area contributed by atoms with Gasteiger partial charge in [0.25, 0.3) is 5.78 Å². The van der Waals surface area contributed by atoms with E-state index < -0.39 is 11.8 Å². The summed E-state index contributed by atoms with van der Waals surface area (Å²) in [4.78, 5) is 26.7. The third-order valence-corrected chi connectivity index (χ3v) is 2.85. The Bertz CT molecular complexity index is 689. The molecule has 0 aliphatic carbocycles. The molecule has 114 valence electrons. The molecule has 0 spiro atoms. The fourth-order valence-corrected chi connectivity index (χ4v) is 1.83. The third kappa shape index (κ3) is 4.05. The van der Waals surface area contributed by atoms with Crippen molar-refractivity contribution in [2.24, 2.45) is 0 Å². The van der Waals surface area contributed by atoms with E-state index in [1.54, 1.807) is 24.0 Å². The Hall–Kier alpha value is -2.89. The molecule has 2 aromatic rings. The van der Waals surface area contributed by atoms with Gasteiger partial charge in [-0.3, -0.25) is 4.79 Å². The average molecular weight is 300 g/mol. The van der Waals surface area contributed by atoms with E-state index in [4.69, 9.17) is 0 Å². The van der Waals surface area contributed by atoms with E-state index in [9.17, 15) is 14.7 Å². The van der Waals surface area contributed by atoms with Gasteiger partial charge in [-0.05, 0) is 12.5 Å². The highest BCUT2D eigenvalue weighted by molar-refractivity contribution is 6.39. The molecule has 6 heteroatoms. The first-order valence-electron chi connectivity index (χ1n) is 6.78. The number of aliphatic hydroxyl groups is 1. The van der Waals surface area contributed by atoms with Gasteiger partial charge in [-0.25, -0.2) is 9.78 Å². The summed E-state index contributed by atoms with van der Waals surface area (Å²) in [5, 5.41) is 9.84. The van der Waals surface area contributed by atoms with Gasteiger partial charge in [0.2, 0.25) is 0 Å². The Balaban J connectivity index is 2.07. The lowest BCUT2D eigenvalue weighted by molar-refractivity contribution is -0.151. The summed E-state index contributed by atoms with van der Waals surface area (Å²) in [5.41, 5.74) is 1.30. The molecule has 1 N–H and O–H groups in total. The largest absolute Gasteiger partial charge is 0.505 e. The average Bonchev–Trinajstić information content (AvgIpc) is 2.97. The first-order valence-corrected chi connectivity index (χ1v) is 6.78. The van der Waals surface area contributed by atoms with Gasteiger partial charge in [0.05, 0.1) is 12.9 Å². The topological polar surface area (TPSA) is 81.4 Å². The predicted octanol–water partition coefficient (Wildman–Crippen LogP) is 1.96. The number of ketones is 1. The number of imidazole rings is 1. The Morgan fingerprint density at radius 3 is 2.73 bits per heavy atom. The number of rotatable bonds is 6. The second-order valence-corrected chi connectivity index (χ2v) is 4.53. The second-order valence-electron chi connectivity index (χ2n) is 4.53. The lowest BCUT2D eigenvalue weighted by Crippen LogP contribution is -2.15. The molecule has 0 fully saturated rings. The zero-order valence-corrected chi connectivity index (χ0v) is 12.1. The van der Waals surface area contributed by atoms with E-state index in [0.717, 1.165) is 11.6 Å². The minimum Gasteiger partial charge on any atom is -0.505 e. The van der Waals surface area contributed by atoms with Crippen molar-refractivity contribution >= 4 is 17.5 Å². The van der Waals surface area contributed by atoms with Gasteiger partial charge in [0, 0.05) is 18.8 Å². The number of nitrogens with zero attached hydrogens (tertiary/aromatic N) is 2. The molecule has 0 radical (unpaired) electrons. The zero-order chi connectivity index (χ0) is 15.9. The molecule has 1 heterocycles. The highest BCUT2D eigenvalue weighted by atomic mass is 16.5. The summed E-state index contributed by atoms with van der Waals surface area (Å²) in [7, 11) is 0. The molecule has 1 aromatic heterocycles. The van der Waals surface area contributed by atoms with E-state index in [2.05, 4.69) is 9.72 Å². The maximum Gasteiger partial charge on any atom is 0.379 e. The van der Waals surface area contributed by atoms with Crippen LogP contribution in [0.2, 0.25) is 0 Å². The molecular formula is C16H16N2O4. The highest BCUT2D eigenvalue weighted by Gasteiger charge is 2.14. The number of hydrogen-bond acceptors (Lipinski definition) is 5. The van der Waals surface area contributed by atoms with Gasteiger partial charge < -0.3 is 14.4 Å². The van der Waals surface area contributed by atoms with Crippen molar-refractivity contribution in [3.8, 4) is 0 Å². The normalized spacial score (nSPS) is 11.2. The Kier molecular flexibility index (Phi) is 5.08. The number of carbonyl (C=O) groups is 2. The fourth-order valence-electron chi connectivity index (χ4n) is 1.83. The van der Waals surface area contributed by atoms with Crippen LogP contribution in [0.4, 0.5) is 0 Å². The van der Waals surface area contributed by atoms with Crippen LogP contribution >= 0.6 is 0 Å². The van der Waals surface area contributed by atoms with Gasteiger partial charge >= 0.3 is 5.97 Å².